The highest BCUT2D eigenvalue weighted by Crippen LogP contribution is 2.25. The van der Waals surface area contributed by atoms with E-state index in [1.54, 1.807) is 11.3 Å². The summed E-state index contributed by atoms with van der Waals surface area (Å²) >= 11 is 1.79. The molecular formula is C17H23N3OS. The van der Waals surface area contributed by atoms with Gasteiger partial charge < -0.3 is 10.0 Å². The van der Waals surface area contributed by atoms with Crippen LogP contribution in [0.5, 0.6) is 0 Å². The molecular weight excluding hydrogens is 294 g/mol. The second-order valence-electron chi connectivity index (χ2n) is 6.08. The van der Waals surface area contributed by atoms with Crippen molar-refractivity contribution in [3.05, 3.63) is 41.0 Å². The van der Waals surface area contributed by atoms with Crippen molar-refractivity contribution in [2.75, 3.05) is 26.2 Å². The van der Waals surface area contributed by atoms with Crippen LogP contribution in [0.2, 0.25) is 0 Å². The first kappa shape index (κ1) is 15.5. The van der Waals surface area contributed by atoms with Crippen LogP contribution < -0.4 is 0 Å². The summed E-state index contributed by atoms with van der Waals surface area (Å²) in [5.74, 6) is 0. The van der Waals surface area contributed by atoms with Gasteiger partial charge in [0.15, 0.2) is 0 Å². The van der Waals surface area contributed by atoms with Gasteiger partial charge in [0.1, 0.15) is 5.01 Å². The Morgan fingerprint density at radius 3 is 3.00 bits per heavy atom. The summed E-state index contributed by atoms with van der Waals surface area (Å²) in [5, 5.41) is 10.4. The number of nitrogens with zero attached hydrogens (tertiary/aromatic N) is 3. The van der Waals surface area contributed by atoms with Crippen LogP contribution in [-0.4, -0.2) is 52.2 Å². The van der Waals surface area contributed by atoms with E-state index in [-0.39, 0.29) is 6.61 Å². The standard InChI is InChI=1S/C17H23N3OS/c1-12-4-5-16-15(8-12)18-17(22-16)10-19-6-7-20(13(2)9-19)14(3)11-21/h4-5,8,13,21H,3,6-7,9-11H2,1-2H3. The predicted molar refractivity (Wildman–Crippen MR) is 92.0 cm³/mol. The molecule has 1 aromatic carbocycles. The summed E-state index contributed by atoms with van der Waals surface area (Å²) in [6.45, 7) is 12.1. The Kier molecular flexibility index (Phi) is 4.47. The fraction of sp³-hybridized carbons (Fsp3) is 0.471. The van der Waals surface area contributed by atoms with Crippen LogP contribution in [0.3, 0.4) is 0 Å². The normalized spacial score (nSPS) is 19.8. The first-order chi connectivity index (χ1) is 10.6. The maximum atomic E-state index is 9.25. The minimum absolute atomic E-state index is 0.0432. The van der Waals surface area contributed by atoms with E-state index in [4.69, 9.17) is 4.98 Å². The monoisotopic (exact) mass is 317 g/mol. The number of aliphatic hydroxyl groups is 1. The van der Waals surface area contributed by atoms with E-state index in [0.29, 0.717) is 6.04 Å². The van der Waals surface area contributed by atoms with Crippen molar-refractivity contribution in [1.29, 1.82) is 0 Å². The minimum Gasteiger partial charge on any atom is -0.390 e. The Bertz CT molecular complexity index is 682. The Labute approximate surface area is 135 Å². The third-order valence-corrected chi connectivity index (χ3v) is 5.27. The molecule has 1 unspecified atom stereocenters. The molecule has 1 aliphatic heterocycles. The van der Waals surface area contributed by atoms with Gasteiger partial charge in [-0.25, -0.2) is 4.98 Å². The molecule has 1 atom stereocenters. The lowest BCUT2D eigenvalue weighted by atomic mass is 10.1. The average molecular weight is 317 g/mol. The molecule has 0 spiro atoms. The number of hydrogen-bond donors (Lipinski definition) is 1. The predicted octanol–water partition coefficient (Wildman–Crippen LogP) is 2.62. The van der Waals surface area contributed by atoms with Crippen LogP contribution in [0.1, 0.15) is 17.5 Å². The molecule has 3 rings (SSSR count). The summed E-state index contributed by atoms with van der Waals surface area (Å²) in [5.41, 5.74) is 3.19. The van der Waals surface area contributed by atoms with Crippen LogP contribution in [0, 0.1) is 6.92 Å². The maximum Gasteiger partial charge on any atom is 0.108 e. The third-order valence-electron chi connectivity index (χ3n) is 4.25. The van der Waals surface area contributed by atoms with E-state index in [0.717, 1.165) is 37.4 Å². The molecule has 0 amide bonds. The average Bonchev–Trinajstić information content (AvgIpc) is 2.88. The van der Waals surface area contributed by atoms with Crippen molar-refractivity contribution >= 4 is 21.6 Å². The lowest BCUT2D eigenvalue weighted by molar-refractivity contribution is 0.0943. The molecule has 4 nitrogen and oxygen atoms in total. The lowest BCUT2D eigenvalue weighted by Crippen LogP contribution is -2.51. The van der Waals surface area contributed by atoms with E-state index in [1.807, 2.05) is 0 Å². The minimum atomic E-state index is 0.0432. The Morgan fingerprint density at radius 1 is 1.45 bits per heavy atom. The number of fused-ring (bicyclic) bond motifs is 1. The lowest BCUT2D eigenvalue weighted by Gasteiger charge is -2.41. The van der Waals surface area contributed by atoms with Gasteiger partial charge in [-0.05, 0) is 31.5 Å². The van der Waals surface area contributed by atoms with Gasteiger partial charge >= 0.3 is 0 Å². The van der Waals surface area contributed by atoms with Crippen LogP contribution >= 0.6 is 11.3 Å². The highest BCUT2D eigenvalue weighted by molar-refractivity contribution is 7.18. The van der Waals surface area contributed by atoms with Crippen molar-refractivity contribution < 1.29 is 5.11 Å². The van der Waals surface area contributed by atoms with Crippen molar-refractivity contribution in [1.82, 2.24) is 14.8 Å². The van der Waals surface area contributed by atoms with Gasteiger partial charge in [-0.1, -0.05) is 12.6 Å². The molecule has 0 bridgehead atoms. The Balaban J connectivity index is 1.67. The van der Waals surface area contributed by atoms with E-state index in [1.165, 1.54) is 15.3 Å². The van der Waals surface area contributed by atoms with E-state index in [9.17, 15) is 5.11 Å². The molecule has 5 heteroatoms. The van der Waals surface area contributed by atoms with Gasteiger partial charge in [0, 0.05) is 31.4 Å². The van der Waals surface area contributed by atoms with Gasteiger partial charge in [-0.2, -0.15) is 0 Å². The number of aryl methyl sites for hydroxylation is 1. The van der Waals surface area contributed by atoms with E-state index in [2.05, 4.69) is 48.4 Å². The quantitative estimate of drug-likeness (QED) is 0.941. The smallest absolute Gasteiger partial charge is 0.108 e. The van der Waals surface area contributed by atoms with Crippen LogP contribution in [0.15, 0.2) is 30.5 Å². The SMILES string of the molecule is C=C(CO)N1CCN(Cc2nc3cc(C)ccc3s2)CC1C. The molecule has 2 aromatic rings. The number of aliphatic hydroxyl groups excluding tert-OH is 1. The topological polar surface area (TPSA) is 39.6 Å². The van der Waals surface area contributed by atoms with Gasteiger partial charge in [0.05, 0.1) is 23.4 Å². The largest absolute Gasteiger partial charge is 0.390 e. The fourth-order valence-corrected chi connectivity index (χ4v) is 4.07. The third kappa shape index (κ3) is 3.16. The molecule has 1 aromatic heterocycles. The molecule has 2 heterocycles. The molecule has 0 aliphatic carbocycles. The highest BCUT2D eigenvalue weighted by atomic mass is 32.1. The number of aromatic nitrogens is 1. The number of rotatable bonds is 4. The maximum absolute atomic E-state index is 9.25. The molecule has 1 fully saturated rings. The second-order valence-corrected chi connectivity index (χ2v) is 7.20. The first-order valence-electron chi connectivity index (χ1n) is 7.70. The summed E-state index contributed by atoms with van der Waals surface area (Å²) in [4.78, 5) is 9.42. The zero-order valence-corrected chi connectivity index (χ0v) is 14.1. The summed E-state index contributed by atoms with van der Waals surface area (Å²) in [6.07, 6.45) is 0. The van der Waals surface area contributed by atoms with Gasteiger partial charge in [-0.15, -0.1) is 11.3 Å². The van der Waals surface area contributed by atoms with Gasteiger partial charge in [-0.3, -0.25) is 4.90 Å². The molecule has 0 radical (unpaired) electrons. The number of benzene rings is 1. The number of hydrogen-bond acceptors (Lipinski definition) is 5. The Hall–Kier alpha value is -1.43. The Morgan fingerprint density at radius 2 is 2.27 bits per heavy atom. The van der Waals surface area contributed by atoms with Crippen LogP contribution in [0.25, 0.3) is 10.2 Å². The van der Waals surface area contributed by atoms with Crippen LogP contribution in [0.4, 0.5) is 0 Å². The molecule has 118 valence electrons. The molecule has 0 saturated carbocycles. The second kappa shape index (κ2) is 6.36. The molecule has 22 heavy (non-hydrogen) atoms. The first-order valence-corrected chi connectivity index (χ1v) is 8.52. The highest BCUT2D eigenvalue weighted by Gasteiger charge is 2.24. The van der Waals surface area contributed by atoms with E-state index >= 15 is 0 Å². The molecule has 1 saturated heterocycles. The zero-order valence-electron chi connectivity index (χ0n) is 13.2. The molecule has 1 aliphatic rings. The van der Waals surface area contributed by atoms with Gasteiger partial charge in [0.25, 0.3) is 0 Å². The van der Waals surface area contributed by atoms with Crippen molar-refractivity contribution in [3.8, 4) is 0 Å². The summed E-state index contributed by atoms with van der Waals surface area (Å²) < 4.78 is 1.26. The van der Waals surface area contributed by atoms with Crippen molar-refractivity contribution in [2.24, 2.45) is 0 Å². The molecule has 1 N–H and O–H groups in total. The van der Waals surface area contributed by atoms with Crippen molar-refractivity contribution in [3.63, 3.8) is 0 Å². The van der Waals surface area contributed by atoms with Crippen LogP contribution in [-0.2, 0) is 6.54 Å². The summed E-state index contributed by atoms with van der Waals surface area (Å²) in [6, 6.07) is 6.84. The fourth-order valence-electron chi connectivity index (χ4n) is 3.08. The van der Waals surface area contributed by atoms with E-state index < -0.39 is 0 Å². The van der Waals surface area contributed by atoms with Gasteiger partial charge in [0.2, 0.25) is 0 Å². The number of piperazine rings is 1. The number of thiazole rings is 1. The van der Waals surface area contributed by atoms with Crippen molar-refractivity contribution in [2.45, 2.75) is 26.4 Å². The zero-order chi connectivity index (χ0) is 15.7. The summed E-state index contributed by atoms with van der Waals surface area (Å²) in [7, 11) is 0.